The summed E-state index contributed by atoms with van der Waals surface area (Å²) in [4.78, 5) is 21.6. The van der Waals surface area contributed by atoms with Crippen LogP contribution in [0.3, 0.4) is 0 Å². The molecule has 0 fully saturated rings. The van der Waals surface area contributed by atoms with Crippen molar-refractivity contribution in [2.24, 2.45) is 0 Å². The fourth-order valence-electron chi connectivity index (χ4n) is 0.617. The SMILES string of the molecule is CCCOC(=O)C(C)SC(C)=O. The Morgan fingerprint density at radius 1 is 1.50 bits per heavy atom. The Kier molecular flexibility index (Phi) is 5.80. The zero-order valence-corrected chi connectivity index (χ0v) is 8.44. The van der Waals surface area contributed by atoms with Gasteiger partial charge in [0.05, 0.1) is 6.61 Å². The Hall–Kier alpha value is -0.510. The summed E-state index contributed by atoms with van der Waals surface area (Å²) in [5.41, 5.74) is 0. The molecule has 0 aliphatic rings. The van der Waals surface area contributed by atoms with Crippen LogP contribution < -0.4 is 0 Å². The highest BCUT2D eigenvalue weighted by Crippen LogP contribution is 2.12. The maximum atomic E-state index is 11.0. The third-order valence-corrected chi connectivity index (χ3v) is 2.00. The molecule has 0 radical (unpaired) electrons. The van der Waals surface area contributed by atoms with E-state index < -0.39 is 0 Å². The van der Waals surface area contributed by atoms with E-state index in [0.29, 0.717) is 6.61 Å². The highest BCUT2D eigenvalue weighted by molar-refractivity contribution is 8.14. The molecule has 0 bridgehead atoms. The second-order valence-electron chi connectivity index (χ2n) is 2.42. The average Bonchev–Trinajstić information content (AvgIpc) is 1.98. The van der Waals surface area contributed by atoms with Crippen molar-refractivity contribution in [3.63, 3.8) is 0 Å². The zero-order chi connectivity index (χ0) is 9.56. The minimum Gasteiger partial charge on any atom is -0.465 e. The highest BCUT2D eigenvalue weighted by atomic mass is 32.2. The molecule has 70 valence electrons. The largest absolute Gasteiger partial charge is 0.465 e. The summed E-state index contributed by atoms with van der Waals surface area (Å²) >= 11 is 1.000. The number of hydrogen-bond acceptors (Lipinski definition) is 4. The summed E-state index contributed by atoms with van der Waals surface area (Å²) < 4.78 is 4.84. The van der Waals surface area contributed by atoms with E-state index >= 15 is 0 Å². The predicted molar refractivity (Wildman–Crippen MR) is 49.0 cm³/mol. The molecule has 0 aromatic heterocycles. The van der Waals surface area contributed by atoms with Crippen LogP contribution >= 0.6 is 11.8 Å². The topological polar surface area (TPSA) is 43.4 Å². The van der Waals surface area contributed by atoms with Crippen LogP contribution in [-0.4, -0.2) is 22.9 Å². The van der Waals surface area contributed by atoms with Gasteiger partial charge in [-0.2, -0.15) is 0 Å². The molecule has 0 heterocycles. The average molecular weight is 190 g/mol. The molecule has 4 heteroatoms. The van der Waals surface area contributed by atoms with Gasteiger partial charge < -0.3 is 4.74 Å². The summed E-state index contributed by atoms with van der Waals surface area (Å²) in [5.74, 6) is -0.308. The summed E-state index contributed by atoms with van der Waals surface area (Å²) in [7, 11) is 0. The number of hydrogen-bond donors (Lipinski definition) is 0. The molecule has 0 aromatic rings. The number of thioether (sulfide) groups is 1. The first kappa shape index (κ1) is 11.5. The second kappa shape index (κ2) is 6.06. The third kappa shape index (κ3) is 5.18. The van der Waals surface area contributed by atoms with E-state index in [1.54, 1.807) is 6.92 Å². The van der Waals surface area contributed by atoms with E-state index in [0.717, 1.165) is 18.2 Å². The second-order valence-corrected chi connectivity index (χ2v) is 3.94. The van der Waals surface area contributed by atoms with Crippen molar-refractivity contribution in [3.8, 4) is 0 Å². The van der Waals surface area contributed by atoms with E-state index in [-0.39, 0.29) is 16.3 Å². The minimum atomic E-state index is -0.381. The molecule has 0 aromatic carbocycles. The van der Waals surface area contributed by atoms with E-state index in [2.05, 4.69) is 0 Å². The lowest BCUT2D eigenvalue weighted by Gasteiger charge is -2.07. The van der Waals surface area contributed by atoms with Gasteiger partial charge in [-0.25, -0.2) is 0 Å². The summed E-state index contributed by atoms with van der Waals surface area (Å²) in [6.07, 6.45) is 0.809. The van der Waals surface area contributed by atoms with Gasteiger partial charge in [0.1, 0.15) is 5.25 Å². The van der Waals surface area contributed by atoms with Crippen LogP contribution in [0.5, 0.6) is 0 Å². The molecule has 1 atom stereocenters. The van der Waals surface area contributed by atoms with E-state index in [1.165, 1.54) is 6.92 Å². The maximum absolute atomic E-state index is 11.0. The lowest BCUT2D eigenvalue weighted by molar-refractivity contribution is -0.142. The molecule has 3 nitrogen and oxygen atoms in total. The number of rotatable bonds is 4. The van der Waals surface area contributed by atoms with Crippen LogP contribution in [-0.2, 0) is 14.3 Å². The van der Waals surface area contributed by atoms with Crippen LogP contribution in [0.2, 0.25) is 0 Å². The Morgan fingerprint density at radius 3 is 2.50 bits per heavy atom. The Bertz CT molecular complexity index is 168. The van der Waals surface area contributed by atoms with Gasteiger partial charge in [-0.3, -0.25) is 9.59 Å². The zero-order valence-electron chi connectivity index (χ0n) is 7.62. The first-order chi connectivity index (χ1) is 5.57. The van der Waals surface area contributed by atoms with E-state index in [4.69, 9.17) is 4.74 Å². The highest BCUT2D eigenvalue weighted by Gasteiger charge is 2.16. The van der Waals surface area contributed by atoms with Gasteiger partial charge in [-0.15, -0.1) is 0 Å². The quantitative estimate of drug-likeness (QED) is 0.632. The summed E-state index contributed by atoms with van der Waals surface area (Å²) in [6, 6.07) is 0. The van der Waals surface area contributed by atoms with Crippen molar-refractivity contribution in [3.05, 3.63) is 0 Å². The molecule has 0 saturated carbocycles. The van der Waals surface area contributed by atoms with Crippen molar-refractivity contribution in [1.82, 2.24) is 0 Å². The minimum absolute atomic E-state index is 0.0593. The van der Waals surface area contributed by atoms with Crippen LogP contribution in [0.25, 0.3) is 0 Å². The molecule has 1 unspecified atom stereocenters. The van der Waals surface area contributed by atoms with Gasteiger partial charge >= 0.3 is 5.97 Å². The first-order valence-electron chi connectivity index (χ1n) is 3.91. The molecule has 0 amide bonds. The number of esters is 1. The predicted octanol–water partition coefficient (Wildman–Crippen LogP) is 1.61. The Morgan fingerprint density at radius 2 is 2.08 bits per heavy atom. The van der Waals surface area contributed by atoms with E-state index in [9.17, 15) is 9.59 Å². The fraction of sp³-hybridized carbons (Fsp3) is 0.750. The molecule has 12 heavy (non-hydrogen) atoms. The van der Waals surface area contributed by atoms with Crippen LogP contribution in [0.4, 0.5) is 0 Å². The van der Waals surface area contributed by atoms with Crippen molar-refractivity contribution >= 4 is 22.8 Å². The lowest BCUT2D eigenvalue weighted by atomic mass is 10.5. The van der Waals surface area contributed by atoms with Crippen molar-refractivity contribution in [2.45, 2.75) is 32.4 Å². The molecule has 0 spiro atoms. The fourth-order valence-corrected chi connectivity index (χ4v) is 1.28. The standard InChI is InChI=1S/C8H14O3S/c1-4-5-11-8(10)6(2)12-7(3)9/h6H,4-5H2,1-3H3. The Balaban J connectivity index is 3.69. The molecule has 0 saturated heterocycles. The molecule has 0 aliphatic heterocycles. The maximum Gasteiger partial charge on any atom is 0.319 e. The summed E-state index contributed by atoms with van der Waals surface area (Å²) in [6.45, 7) is 5.47. The monoisotopic (exact) mass is 190 g/mol. The summed E-state index contributed by atoms with van der Waals surface area (Å²) in [5, 5.41) is -0.440. The normalized spacial score (nSPS) is 12.2. The van der Waals surface area contributed by atoms with Crippen LogP contribution in [0.1, 0.15) is 27.2 Å². The van der Waals surface area contributed by atoms with Crippen LogP contribution in [0.15, 0.2) is 0 Å². The number of carbonyl (C=O) groups excluding carboxylic acids is 2. The van der Waals surface area contributed by atoms with Crippen molar-refractivity contribution < 1.29 is 14.3 Å². The van der Waals surface area contributed by atoms with Crippen molar-refractivity contribution in [2.75, 3.05) is 6.61 Å². The van der Waals surface area contributed by atoms with Crippen molar-refractivity contribution in [1.29, 1.82) is 0 Å². The van der Waals surface area contributed by atoms with Gasteiger partial charge in [0, 0.05) is 6.92 Å². The lowest BCUT2D eigenvalue weighted by Crippen LogP contribution is -2.18. The molecule has 0 rings (SSSR count). The van der Waals surface area contributed by atoms with Gasteiger partial charge in [0.15, 0.2) is 5.12 Å². The molecular weight excluding hydrogens is 176 g/mol. The van der Waals surface area contributed by atoms with Crippen LogP contribution in [0, 0.1) is 0 Å². The molecular formula is C8H14O3S. The van der Waals surface area contributed by atoms with E-state index in [1.807, 2.05) is 6.92 Å². The first-order valence-corrected chi connectivity index (χ1v) is 4.79. The van der Waals surface area contributed by atoms with Gasteiger partial charge in [-0.05, 0) is 13.3 Å². The van der Waals surface area contributed by atoms with Gasteiger partial charge in [-0.1, -0.05) is 18.7 Å². The number of ether oxygens (including phenoxy) is 1. The van der Waals surface area contributed by atoms with Gasteiger partial charge in [0.25, 0.3) is 0 Å². The Labute approximate surface area is 76.9 Å². The molecule has 0 aliphatic carbocycles. The third-order valence-electron chi connectivity index (χ3n) is 1.12. The smallest absolute Gasteiger partial charge is 0.319 e. The number of carbonyl (C=O) groups is 2. The van der Waals surface area contributed by atoms with Gasteiger partial charge in [0.2, 0.25) is 0 Å². The molecule has 0 N–H and O–H groups in total.